The molecule has 188 valence electrons. The summed E-state index contributed by atoms with van der Waals surface area (Å²) in [5, 5.41) is 33.4. The van der Waals surface area contributed by atoms with Crippen molar-refractivity contribution in [3.05, 3.63) is 11.6 Å². The zero-order valence-corrected chi connectivity index (χ0v) is 22.3. The van der Waals surface area contributed by atoms with Crippen LogP contribution in [0, 0.1) is 50.7 Å². The van der Waals surface area contributed by atoms with Crippen molar-refractivity contribution in [1.82, 2.24) is 0 Å². The minimum Gasteiger partial charge on any atom is -0.393 e. The fourth-order valence-corrected chi connectivity index (χ4v) is 11.2. The van der Waals surface area contributed by atoms with Crippen molar-refractivity contribution < 1.29 is 15.3 Å². The lowest BCUT2D eigenvalue weighted by molar-refractivity contribution is -0.164. The van der Waals surface area contributed by atoms with Gasteiger partial charge in [0.05, 0.1) is 18.3 Å². The summed E-state index contributed by atoms with van der Waals surface area (Å²) < 4.78 is 0. The van der Waals surface area contributed by atoms with E-state index in [1.807, 2.05) is 0 Å². The van der Waals surface area contributed by atoms with Gasteiger partial charge < -0.3 is 15.3 Å². The van der Waals surface area contributed by atoms with Gasteiger partial charge in [-0.3, -0.25) is 0 Å². The van der Waals surface area contributed by atoms with Gasteiger partial charge in [-0.25, -0.2) is 0 Å². The monoisotopic (exact) mass is 458 g/mol. The van der Waals surface area contributed by atoms with Crippen LogP contribution in [-0.2, 0) is 0 Å². The summed E-state index contributed by atoms with van der Waals surface area (Å²) in [6.07, 6.45) is 11.3. The normalized spacial score (nSPS) is 53.7. The summed E-state index contributed by atoms with van der Waals surface area (Å²) in [5.41, 5.74) is 2.35. The van der Waals surface area contributed by atoms with Crippen molar-refractivity contribution in [3.63, 3.8) is 0 Å². The van der Waals surface area contributed by atoms with Crippen LogP contribution in [0.25, 0.3) is 0 Å². The van der Waals surface area contributed by atoms with Gasteiger partial charge in [0.25, 0.3) is 0 Å². The molecule has 0 bridgehead atoms. The molecule has 0 aromatic rings. The maximum atomic E-state index is 11.5. The molecular weight excluding hydrogens is 408 g/mol. The topological polar surface area (TPSA) is 60.7 Å². The van der Waals surface area contributed by atoms with E-state index in [1.165, 1.54) is 44.1 Å². The van der Waals surface area contributed by atoms with Crippen molar-refractivity contribution in [1.29, 1.82) is 0 Å². The lowest BCUT2D eigenvalue weighted by Crippen LogP contribution is -2.58. The molecule has 5 aliphatic carbocycles. The van der Waals surface area contributed by atoms with Gasteiger partial charge >= 0.3 is 0 Å². The van der Waals surface area contributed by atoms with Crippen LogP contribution in [0.15, 0.2) is 11.6 Å². The van der Waals surface area contributed by atoms with Crippen LogP contribution >= 0.6 is 0 Å². The van der Waals surface area contributed by atoms with Crippen molar-refractivity contribution in [2.75, 3.05) is 0 Å². The summed E-state index contributed by atoms with van der Waals surface area (Å²) >= 11 is 0. The quantitative estimate of drug-likeness (QED) is 0.445. The van der Waals surface area contributed by atoms with E-state index in [-0.39, 0.29) is 40.3 Å². The molecule has 0 aromatic carbocycles. The first-order valence-corrected chi connectivity index (χ1v) is 13.9. The number of aliphatic hydroxyl groups excluding tert-OH is 3. The fourth-order valence-electron chi connectivity index (χ4n) is 11.2. The van der Waals surface area contributed by atoms with Crippen LogP contribution in [-0.4, -0.2) is 33.6 Å². The summed E-state index contributed by atoms with van der Waals surface area (Å²) in [4.78, 5) is 0. The van der Waals surface area contributed by atoms with Gasteiger partial charge in [0.15, 0.2) is 0 Å². The van der Waals surface area contributed by atoms with Crippen LogP contribution in [0.2, 0.25) is 0 Å². The lowest BCUT2D eigenvalue weighted by Gasteiger charge is -2.63. The zero-order chi connectivity index (χ0) is 24.2. The molecule has 0 heterocycles. The van der Waals surface area contributed by atoms with Crippen molar-refractivity contribution in [2.24, 2.45) is 50.7 Å². The average molecular weight is 459 g/mol. The molecule has 0 amide bonds. The predicted molar refractivity (Wildman–Crippen MR) is 133 cm³/mol. The molecule has 5 fully saturated rings. The van der Waals surface area contributed by atoms with Gasteiger partial charge in [-0.05, 0) is 122 Å². The molecule has 5 rings (SSSR count). The highest BCUT2D eigenvalue weighted by Gasteiger charge is 2.82. The van der Waals surface area contributed by atoms with Crippen molar-refractivity contribution >= 4 is 0 Å². The average Bonchev–Trinajstić information content (AvgIpc) is 3.34. The second-order valence-electron chi connectivity index (χ2n) is 14.6. The first-order chi connectivity index (χ1) is 15.3. The number of hydrogen-bond acceptors (Lipinski definition) is 3. The molecular formula is C30H50O3. The number of aliphatic hydroxyl groups is 3. The third kappa shape index (κ3) is 2.91. The molecule has 3 heteroatoms. The molecule has 2 spiro atoms. The van der Waals surface area contributed by atoms with E-state index >= 15 is 0 Å². The highest BCUT2D eigenvalue weighted by Crippen LogP contribution is 2.89. The second-order valence-corrected chi connectivity index (χ2v) is 14.6. The van der Waals surface area contributed by atoms with Crippen molar-refractivity contribution in [3.8, 4) is 0 Å². The lowest BCUT2D eigenvalue weighted by atomic mass is 9.41. The Labute approximate surface area is 202 Å². The van der Waals surface area contributed by atoms with Crippen molar-refractivity contribution in [2.45, 2.75) is 125 Å². The van der Waals surface area contributed by atoms with Gasteiger partial charge in [-0.15, -0.1) is 0 Å². The van der Waals surface area contributed by atoms with E-state index in [4.69, 9.17) is 0 Å². The Morgan fingerprint density at radius 3 is 2.21 bits per heavy atom. The van der Waals surface area contributed by atoms with Gasteiger partial charge in [0.2, 0.25) is 0 Å². The van der Waals surface area contributed by atoms with Crippen LogP contribution < -0.4 is 0 Å². The summed E-state index contributed by atoms with van der Waals surface area (Å²) in [7, 11) is 0. The molecule has 0 aromatic heterocycles. The first-order valence-electron chi connectivity index (χ1n) is 13.9. The molecule has 33 heavy (non-hydrogen) atoms. The van der Waals surface area contributed by atoms with E-state index in [0.717, 1.165) is 12.8 Å². The third-order valence-corrected chi connectivity index (χ3v) is 13.1. The smallest absolute Gasteiger partial charge is 0.0604 e. The number of hydrogen-bond donors (Lipinski definition) is 3. The Balaban J connectivity index is 1.45. The maximum Gasteiger partial charge on any atom is 0.0604 e. The van der Waals surface area contributed by atoms with Gasteiger partial charge in [-0.1, -0.05) is 46.3 Å². The Morgan fingerprint density at radius 1 is 0.909 bits per heavy atom. The predicted octanol–water partition coefficient (Wildman–Crippen LogP) is 6.11. The maximum absolute atomic E-state index is 11.5. The molecule has 3 nitrogen and oxygen atoms in total. The van der Waals surface area contributed by atoms with Crippen LogP contribution in [0.3, 0.4) is 0 Å². The number of allylic oxidation sites excluding steroid dienone is 1. The van der Waals surface area contributed by atoms with E-state index in [9.17, 15) is 15.3 Å². The number of rotatable bonds is 4. The Morgan fingerprint density at radius 2 is 1.55 bits per heavy atom. The minimum absolute atomic E-state index is 0.0235. The van der Waals surface area contributed by atoms with Crippen LogP contribution in [0.5, 0.6) is 0 Å². The molecule has 0 aliphatic heterocycles. The van der Waals surface area contributed by atoms with E-state index in [0.29, 0.717) is 29.1 Å². The molecule has 5 saturated carbocycles. The molecule has 5 aliphatic rings. The Hall–Kier alpha value is -0.380. The molecule has 0 radical (unpaired) electrons. The standard InChI is InChI=1S/C30H50O3/c1-18(2)8-9-20(31)19(3)25-21(32)16-28(7)23-11-10-22-26(4,5)24(33)12-13-29(22)17-30(23,29)15-14-27(25,28)6/h8,19-25,31-33H,9-17H2,1-7H3. The highest BCUT2D eigenvalue weighted by atomic mass is 16.3. The highest BCUT2D eigenvalue weighted by molar-refractivity contribution is 5.31. The van der Waals surface area contributed by atoms with Gasteiger partial charge in [0.1, 0.15) is 0 Å². The van der Waals surface area contributed by atoms with Gasteiger partial charge in [-0.2, -0.15) is 0 Å². The second kappa shape index (κ2) is 7.32. The molecule has 0 saturated heterocycles. The molecule has 11 atom stereocenters. The van der Waals surface area contributed by atoms with E-state index < -0.39 is 6.10 Å². The zero-order valence-electron chi connectivity index (χ0n) is 22.3. The minimum atomic E-state index is -0.391. The Bertz CT molecular complexity index is 828. The fraction of sp³-hybridized carbons (Fsp3) is 0.933. The SMILES string of the molecule is CC(C)=CCC(O)C(C)C1C(O)CC2(C)C3CCC4C(C)(C)C(O)CCC45CC35CCC12C. The first kappa shape index (κ1) is 24.3. The van der Waals surface area contributed by atoms with E-state index in [2.05, 4.69) is 54.5 Å². The van der Waals surface area contributed by atoms with E-state index in [1.54, 1.807) is 0 Å². The Kier molecular flexibility index (Phi) is 5.40. The van der Waals surface area contributed by atoms with Gasteiger partial charge in [0, 0.05) is 0 Å². The third-order valence-electron chi connectivity index (χ3n) is 13.1. The molecule has 11 unspecified atom stereocenters. The van der Waals surface area contributed by atoms with Crippen LogP contribution in [0.1, 0.15) is 106 Å². The largest absolute Gasteiger partial charge is 0.393 e. The number of fused-ring (bicyclic) bond motifs is 2. The summed E-state index contributed by atoms with van der Waals surface area (Å²) in [6, 6.07) is 0. The summed E-state index contributed by atoms with van der Waals surface area (Å²) in [6.45, 7) is 16.0. The molecule has 3 N–H and O–H groups in total. The van der Waals surface area contributed by atoms with Crippen LogP contribution in [0.4, 0.5) is 0 Å². The summed E-state index contributed by atoms with van der Waals surface area (Å²) in [5.74, 6) is 1.58.